The van der Waals surface area contributed by atoms with Gasteiger partial charge in [0, 0.05) is 7.05 Å². The number of ether oxygens (including phenoxy) is 1. The number of amides is 1. The van der Waals surface area contributed by atoms with E-state index in [4.69, 9.17) is 10.6 Å². The summed E-state index contributed by atoms with van der Waals surface area (Å²) in [6, 6.07) is 4.44. The SMILES string of the molecule is COc1ccc(C(C)(C)C(=O)N(C)N)cc1F. The molecule has 2 N–H and O–H groups in total. The fraction of sp³-hybridized carbons (Fsp3) is 0.417. The number of carbonyl (C=O) groups is 1. The van der Waals surface area contributed by atoms with Gasteiger partial charge in [0.15, 0.2) is 11.6 Å². The third-order valence-corrected chi connectivity index (χ3v) is 2.73. The molecule has 0 bridgehead atoms. The van der Waals surface area contributed by atoms with E-state index in [0.717, 1.165) is 5.01 Å². The zero-order chi connectivity index (χ0) is 13.2. The molecule has 17 heavy (non-hydrogen) atoms. The van der Waals surface area contributed by atoms with E-state index in [1.54, 1.807) is 19.9 Å². The first-order chi connectivity index (χ1) is 7.80. The highest BCUT2D eigenvalue weighted by molar-refractivity contribution is 5.86. The summed E-state index contributed by atoms with van der Waals surface area (Å²) in [6.07, 6.45) is 0. The molecule has 0 unspecified atom stereocenters. The molecule has 0 heterocycles. The van der Waals surface area contributed by atoms with Gasteiger partial charge in [-0.1, -0.05) is 6.07 Å². The highest BCUT2D eigenvalue weighted by Crippen LogP contribution is 2.28. The van der Waals surface area contributed by atoms with E-state index in [0.29, 0.717) is 5.56 Å². The Morgan fingerprint density at radius 1 is 1.47 bits per heavy atom. The number of hydrogen-bond donors (Lipinski definition) is 1. The van der Waals surface area contributed by atoms with Crippen LogP contribution in [0, 0.1) is 5.82 Å². The lowest BCUT2D eigenvalue weighted by Gasteiger charge is -2.27. The van der Waals surface area contributed by atoms with Crippen molar-refractivity contribution in [2.75, 3.05) is 14.2 Å². The van der Waals surface area contributed by atoms with Crippen molar-refractivity contribution in [2.24, 2.45) is 5.84 Å². The molecule has 1 amide bonds. The number of halogens is 1. The van der Waals surface area contributed by atoms with Crippen LogP contribution in [-0.4, -0.2) is 25.1 Å². The number of hydrazine groups is 1. The van der Waals surface area contributed by atoms with E-state index in [-0.39, 0.29) is 11.7 Å². The van der Waals surface area contributed by atoms with Crippen molar-refractivity contribution in [3.63, 3.8) is 0 Å². The largest absolute Gasteiger partial charge is 0.494 e. The smallest absolute Gasteiger partial charge is 0.246 e. The molecular formula is C12H17FN2O2. The third kappa shape index (κ3) is 2.55. The summed E-state index contributed by atoms with van der Waals surface area (Å²) in [5.41, 5.74) is -0.325. The fourth-order valence-corrected chi connectivity index (χ4v) is 1.62. The molecule has 0 saturated heterocycles. The minimum atomic E-state index is -0.878. The Labute approximate surface area is 100 Å². The first-order valence-electron chi connectivity index (χ1n) is 5.17. The minimum Gasteiger partial charge on any atom is -0.494 e. The summed E-state index contributed by atoms with van der Waals surface area (Å²) in [7, 11) is 2.85. The van der Waals surface area contributed by atoms with Gasteiger partial charge in [0.05, 0.1) is 12.5 Å². The molecule has 94 valence electrons. The second-order valence-electron chi connectivity index (χ2n) is 4.39. The van der Waals surface area contributed by atoms with Crippen LogP contribution in [0.5, 0.6) is 5.75 Å². The molecule has 0 fully saturated rings. The molecule has 1 aromatic rings. The van der Waals surface area contributed by atoms with Crippen LogP contribution in [-0.2, 0) is 10.2 Å². The van der Waals surface area contributed by atoms with Crippen molar-refractivity contribution in [1.29, 1.82) is 0 Å². The van der Waals surface area contributed by atoms with Gasteiger partial charge in [0.2, 0.25) is 5.91 Å². The maximum absolute atomic E-state index is 13.6. The van der Waals surface area contributed by atoms with E-state index in [2.05, 4.69) is 0 Å². The summed E-state index contributed by atoms with van der Waals surface area (Å²) in [6.45, 7) is 3.39. The lowest BCUT2D eigenvalue weighted by molar-refractivity contribution is -0.135. The van der Waals surface area contributed by atoms with Gasteiger partial charge in [0.25, 0.3) is 0 Å². The maximum Gasteiger partial charge on any atom is 0.246 e. The quantitative estimate of drug-likeness (QED) is 0.494. The maximum atomic E-state index is 13.6. The topological polar surface area (TPSA) is 55.6 Å². The zero-order valence-corrected chi connectivity index (χ0v) is 10.5. The average molecular weight is 240 g/mol. The van der Waals surface area contributed by atoms with Crippen LogP contribution in [0.2, 0.25) is 0 Å². The van der Waals surface area contributed by atoms with Crippen molar-refractivity contribution in [3.05, 3.63) is 29.6 Å². The predicted octanol–water partition coefficient (Wildman–Crippen LogP) is 1.44. The summed E-state index contributed by atoms with van der Waals surface area (Å²) in [4.78, 5) is 11.9. The molecular weight excluding hydrogens is 223 g/mol. The standard InChI is InChI=1S/C12H17FN2O2/c1-12(2,11(16)15(3)14)8-5-6-10(17-4)9(13)7-8/h5-7H,14H2,1-4H3. The lowest BCUT2D eigenvalue weighted by atomic mass is 9.83. The number of benzene rings is 1. The number of nitrogens with two attached hydrogens (primary N) is 1. The van der Waals surface area contributed by atoms with Crippen molar-refractivity contribution < 1.29 is 13.9 Å². The molecule has 0 atom stereocenters. The number of hydrogen-bond acceptors (Lipinski definition) is 3. The van der Waals surface area contributed by atoms with Crippen LogP contribution in [0.15, 0.2) is 18.2 Å². The lowest BCUT2D eigenvalue weighted by Crippen LogP contribution is -2.45. The van der Waals surface area contributed by atoms with Gasteiger partial charge >= 0.3 is 0 Å². The van der Waals surface area contributed by atoms with Gasteiger partial charge in [-0.2, -0.15) is 0 Å². The Hall–Kier alpha value is -1.62. The molecule has 4 nitrogen and oxygen atoms in total. The monoisotopic (exact) mass is 240 g/mol. The molecule has 0 spiro atoms. The average Bonchev–Trinajstić information content (AvgIpc) is 2.27. The van der Waals surface area contributed by atoms with Crippen LogP contribution in [0.1, 0.15) is 19.4 Å². The molecule has 0 saturated carbocycles. The van der Waals surface area contributed by atoms with E-state index in [1.807, 2.05) is 0 Å². The summed E-state index contributed by atoms with van der Waals surface area (Å²) < 4.78 is 18.4. The molecule has 0 aliphatic carbocycles. The Balaban J connectivity index is 3.16. The second kappa shape index (κ2) is 4.71. The normalized spacial score (nSPS) is 11.2. The summed E-state index contributed by atoms with van der Waals surface area (Å²) in [5, 5.41) is 1.00. The van der Waals surface area contributed by atoms with Crippen LogP contribution in [0.3, 0.4) is 0 Å². The number of methoxy groups -OCH3 is 1. The number of carbonyl (C=O) groups excluding carboxylic acids is 1. The molecule has 0 aliphatic heterocycles. The van der Waals surface area contributed by atoms with Crippen LogP contribution >= 0.6 is 0 Å². The van der Waals surface area contributed by atoms with Crippen molar-refractivity contribution in [2.45, 2.75) is 19.3 Å². The zero-order valence-electron chi connectivity index (χ0n) is 10.5. The summed E-state index contributed by atoms with van der Waals surface area (Å²) >= 11 is 0. The minimum absolute atomic E-state index is 0.151. The highest BCUT2D eigenvalue weighted by atomic mass is 19.1. The van der Waals surface area contributed by atoms with Gasteiger partial charge in [-0.05, 0) is 31.5 Å². The first kappa shape index (κ1) is 13.4. The number of nitrogens with zero attached hydrogens (tertiary/aromatic N) is 1. The van der Waals surface area contributed by atoms with Crippen LogP contribution in [0.4, 0.5) is 4.39 Å². The first-order valence-corrected chi connectivity index (χ1v) is 5.17. The summed E-state index contributed by atoms with van der Waals surface area (Å²) in [5.74, 6) is 4.79. The predicted molar refractivity (Wildman–Crippen MR) is 62.9 cm³/mol. The molecule has 0 aromatic heterocycles. The van der Waals surface area contributed by atoms with Gasteiger partial charge in [0.1, 0.15) is 0 Å². The van der Waals surface area contributed by atoms with Gasteiger partial charge in [-0.25, -0.2) is 10.2 Å². The van der Waals surface area contributed by atoms with Gasteiger partial charge < -0.3 is 4.74 Å². The van der Waals surface area contributed by atoms with E-state index < -0.39 is 11.2 Å². The van der Waals surface area contributed by atoms with Crippen molar-refractivity contribution in [1.82, 2.24) is 5.01 Å². The Morgan fingerprint density at radius 2 is 2.06 bits per heavy atom. The molecule has 1 rings (SSSR count). The Morgan fingerprint density at radius 3 is 2.47 bits per heavy atom. The molecule has 1 aromatic carbocycles. The fourth-order valence-electron chi connectivity index (χ4n) is 1.62. The van der Waals surface area contributed by atoms with Crippen molar-refractivity contribution in [3.8, 4) is 5.75 Å². The van der Waals surface area contributed by atoms with Gasteiger partial charge in [-0.3, -0.25) is 9.80 Å². The van der Waals surface area contributed by atoms with E-state index in [1.165, 1.54) is 26.3 Å². The van der Waals surface area contributed by atoms with Crippen LogP contribution in [0.25, 0.3) is 0 Å². The van der Waals surface area contributed by atoms with Crippen LogP contribution < -0.4 is 10.6 Å². The third-order valence-electron chi connectivity index (χ3n) is 2.73. The van der Waals surface area contributed by atoms with Gasteiger partial charge in [-0.15, -0.1) is 0 Å². The van der Waals surface area contributed by atoms with E-state index >= 15 is 0 Å². The molecule has 5 heteroatoms. The number of rotatable bonds is 3. The van der Waals surface area contributed by atoms with Crippen molar-refractivity contribution >= 4 is 5.91 Å². The number of likely N-dealkylation sites (N-methyl/N-ethyl adjacent to an activating group) is 1. The Kier molecular flexibility index (Phi) is 3.72. The highest BCUT2D eigenvalue weighted by Gasteiger charge is 2.32. The molecule has 0 aliphatic rings. The molecule has 0 radical (unpaired) electrons. The Bertz CT molecular complexity index is 431. The van der Waals surface area contributed by atoms with E-state index in [9.17, 15) is 9.18 Å². The second-order valence-corrected chi connectivity index (χ2v) is 4.39.